The van der Waals surface area contributed by atoms with E-state index >= 15 is 0 Å². The molecule has 2 aliphatic rings. The fraction of sp³-hybridized carbons (Fsp3) is 0.344. The Labute approximate surface area is 254 Å². The van der Waals surface area contributed by atoms with Crippen LogP contribution in [0.3, 0.4) is 0 Å². The molecule has 44 heavy (non-hydrogen) atoms. The summed E-state index contributed by atoms with van der Waals surface area (Å²) in [7, 11) is 4.63. The number of aryl methyl sites for hydroxylation is 1. The summed E-state index contributed by atoms with van der Waals surface area (Å²) in [6, 6.07) is 11.6. The second kappa shape index (κ2) is 13.4. The first-order valence-electron chi connectivity index (χ1n) is 14.1. The highest BCUT2D eigenvalue weighted by Crippen LogP contribution is 2.50. The van der Waals surface area contributed by atoms with Gasteiger partial charge < -0.3 is 44.4 Å². The second-order valence-electron chi connectivity index (χ2n) is 10.2. The van der Waals surface area contributed by atoms with Gasteiger partial charge in [-0.1, -0.05) is 6.07 Å². The first kappa shape index (κ1) is 30.3. The van der Waals surface area contributed by atoms with E-state index in [1.807, 2.05) is 6.07 Å². The van der Waals surface area contributed by atoms with Crippen LogP contribution in [0.2, 0.25) is 0 Å². The molecule has 3 aromatic carbocycles. The van der Waals surface area contributed by atoms with E-state index in [1.165, 1.54) is 20.1 Å². The Morgan fingerprint density at radius 1 is 0.955 bits per heavy atom. The molecule has 2 amide bonds. The molecular weight excluding hydrogens is 570 g/mol. The number of nitrogens with one attached hydrogen (secondary N) is 3. The summed E-state index contributed by atoms with van der Waals surface area (Å²) >= 11 is 0. The van der Waals surface area contributed by atoms with Gasteiger partial charge in [0.25, 0.3) is 0 Å². The predicted octanol–water partition coefficient (Wildman–Crippen LogP) is 3.20. The van der Waals surface area contributed by atoms with Crippen molar-refractivity contribution in [2.24, 2.45) is 0 Å². The molecule has 1 aliphatic carbocycles. The number of fused-ring (bicyclic) bond motifs is 4. The molecular formula is C32H35N3O9. The number of methoxy groups -OCH3 is 3. The van der Waals surface area contributed by atoms with Gasteiger partial charge in [0.15, 0.2) is 23.0 Å². The first-order valence-corrected chi connectivity index (χ1v) is 14.1. The van der Waals surface area contributed by atoms with Crippen LogP contribution in [0, 0.1) is 0 Å². The van der Waals surface area contributed by atoms with E-state index in [9.17, 15) is 14.4 Å². The fourth-order valence-electron chi connectivity index (χ4n) is 5.42. The minimum absolute atomic E-state index is 0.131. The third-order valence-electron chi connectivity index (χ3n) is 7.39. The van der Waals surface area contributed by atoms with E-state index in [0.717, 1.165) is 11.1 Å². The summed E-state index contributed by atoms with van der Waals surface area (Å²) in [4.78, 5) is 38.1. The SMILES string of the molecule is COc1cc2c(c(OC)c1OC)-c1ccc(NCC(=O)NCCOc3ccc4c(c3)OCO4)c(=O)cc1C(NC(C)=O)CC2. The number of carbonyl (C=O) groups is 2. The van der Waals surface area contributed by atoms with Gasteiger partial charge in [-0.05, 0) is 59.9 Å². The zero-order valence-electron chi connectivity index (χ0n) is 25.0. The minimum atomic E-state index is -0.433. The second-order valence-corrected chi connectivity index (χ2v) is 10.2. The molecule has 5 rings (SSSR count). The van der Waals surface area contributed by atoms with Crippen LogP contribution in [-0.4, -0.2) is 59.6 Å². The number of amides is 2. The minimum Gasteiger partial charge on any atom is -0.493 e. The Balaban J connectivity index is 1.34. The summed E-state index contributed by atoms with van der Waals surface area (Å²) in [5, 5.41) is 8.70. The molecule has 232 valence electrons. The van der Waals surface area contributed by atoms with Crippen LogP contribution >= 0.6 is 0 Å². The number of hydrogen-bond donors (Lipinski definition) is 3. The van der Waals surface area contributed by atoms with Crippen LogP contribution in [0.25, 0.3) is 11.1 Å². The third kappa shape index (κ3) is 6.43. The van der Waals surface area contributed by atoms with E-state index in [2.05, 4.69) is 16.0 Å². The molecule has 3 aromatic rings. The highest BCUT2D eigenvalue weighted by atomic mass is 16.7. The number of anilines is 1. The van der Waals surface area contributed by atoms with Crippen LogP contribution < -0.4 is 49.8 Å². The van der Waals surface area contributed by atoms with Crippen molar-refractivity contribution in [1.29, 1.82) is 0 Å². The molecule has 1 atom stereocenters. The quantitative estimate of drug-likeness (QED) is 0.279. The largest absolute Gasteiger partial charge is 0.493 e. The molecule has 0 spiro atoms. The van der Waals surface area contributed by atoms with Gasteiger partial charge >= 0.3 is 0 Å². The Hall–Kier alpha value is -5.13. The topological polar surface area (TPSA) is 143 Å². The molecule has 12 nitrogen and oxygen atoms in total. The summed E-state index contributed by atoms with van der Waals surface area (Å²) in [5.74, 6) is 2.74. The van der Waals surface area contributed by atoms with Gasteiger partial charge in [0, 0.05) is 18.6 Å². The van der Waals surface area contributed by atoms with Crippen LogP contribution in [0.4, 0.5) is 5.69 Å². The van der Waals surface area contributed by atoms with E-state index < -0.39 is 6.04 Å². The van der Waals surface area contributed by atoms with Gasteiger partial charge in [0.1, 0.15) is 12.4 Å². The molecule has 1 unspecified atom stereocenters. The van der Waals surface area contributed by atoms with Crippen molar-refractivity contribution in [3.8, 4) is 45.6 Å². The van der Waals surface area contributed by atoms with Crippen molar-refractivity contribution >= 4 is 17.5 Å². The van der Waals surface area contributed by atoms with Crippen LogP contribution in [0.1, 0.15) is 30.5 Å². The van der Waals surface area contributed by atoms with E-state index in [1.54, 1.807) is 44.6 Å². The normalized spacial score (nSPS) is 14.3. The smallest absolute Gasteiger partial charge is 0.239 e. The predicted molar refractivity (Wildman–Crippen MR) is 162 cm³/mol. The molecule has 0 bridgehead atoms. The van der Waals surface area contributed by atoms with Gasteiger partial charge in [0.2, 0.25) is 29.8 Å². The van der Waals surface area contributed by atoms with Crippen LogP contribution in [-0.2, 0) is 16.0 Å². The number of rotatable bonds is 11. The Bertz CT molecular complexity index is 1630. The molecule has 3 N–H and O–H groups in total. The lowest BCUT2D eigenvalue weighted by molar-refractivity contribution is -0.120. The van der Waals surface area contributed by atoms with Crippen molar-refractivity contribution in [1.82, 2.24) is 10.6 Å². The fourth-order valence-corrected chi connectivity index (χ4v) is 5.42. The van der Waals surface area contributed by atoms with Crippen molar-refractivity contribution < 1.29 is 38.0 Å². The standard InChI is InChI=1S/C32H35N3O9/c1-18(36)35-23-8-5-19-13-28(39-2)31(40-3)32(41-4)30(19)21-7-9-24(25(37)15-22(21)23)34-16-29(38)33-11-12-42-20-6-10-26-27(14-20)44-17-43-26/h6-7,9-10,13-15,23H,5,8,11-12,16-17H2,1-4H3,(H,33,38)(H,34,37)(H,35,36). The summed E-state index contributed by atoms with van der Waals surface area (Å²) < 4.78 is 33.3. The first-order chi connectivity index (χ1) is 21.3. The molecule has 1 aliphatic heterocycles. The van der Waals surface area contributed by atoms with Gasteiger partial charge in [-0.15, -0.1) is 0 Å². The van der Waals surface area contributed by atoms with Crippen LogP contribution in [0.15, 0.2) is 47.3 Å². The molecule has 0 fully saturated rings. The number of benzene rings is 2. The highest BCUT2D eigenvalue weighted by Gasteiger charge is 2.29. The number of carbonyl (C=O) groups excluding carboxylic acids is 2. The average Bonchev–Trinajstić information content (AvgIpc) is 3.36. The zero-order valence-corrected chi connectivity index (χ0v) is 25.0. The van der Waals surface area contributed by atoms with E-state index in [-0.39, 0.29) is 49.4 Å². The maximum absolute atomic E-state index is 13.4. The van der Waals surface area contributed by atoms with Crippen molar-refractivity contribution in [3.63, 3.8) is 0 Å². The molecule has 12 heteroatoms. The van der Waals surface area contributed by atoms with Gasteiger partial charge in [-0.2, -0.15) is 0 Å². The molecule has 0 saturated carbocycles. The molecule has 0 aromatic heterocycles. The van der Waals surface area contributed by atoms with Gasteiger partial charge in [-0.3, -0.25) is 14.4 Å². The van der Waals surface area contributed by atoms with Crippen molar-refractivity contribution in [2.75, 3.05) is 53.1 Å². The average molecular weight is 606 g/mol. The lowest BCUT2D eigenvalue weighted by atomic mass is 9.95. The van der Waals surface area contributed by atoms with Crippen molar-refractivity contribution in [2.45, 2.75) is 25.8 Å². The number of ether oxygens (including phenoxy) is 6. The monoisotopic (exact) mass is 605 g/mol. The summed E-state index contributed by atoms with van der Waals surface area (Å²) in [6.07, 6.45) is 1.13. The number of hydrogen-bond acceptors (Lipinski definition) is 10. The Kier molecular flexibility index (Phi) is 9.27. The zero-order chi connectivity index (χ0) is 31.2. The summed E-state index contributed by atoms with van der Waals surface area (Å²) in [6.45, 7) is 1.99. The maximum atomic E-state index is 13.4. The van der Waals surface area contributed by atoms with Crippen molar-refractivity contribution in [3.05, 3.63) is 63.8 Å². The molecule has 0 saturated heterocycles. The van der Waals surface area contributed by atoms with E-state index in [0.29, 0.717) is 58.5 Å². The van der Waals surface area contributed by atoms with Crippen LogP contribution in [0.5, 0.6) is 34.5 Å². The third-order valence-corrected chi connectivity index (χ3v) is 7.39. The maximum Gasteiger partial charge on any atom is 0.239 e. The van der Waals surface area contributed by atoms with Gasteiger partial charge in [-0.25, -0.2) is 0 Å². The Morgan fingerprint density at radius 2 is 1.75 bits per heavy atom. The lowest BCUT2D eigenvalue weighted by Crippen LogP contribution is -2.33. The van der Waals surface area contributed by atoms with E-state index in [4.69, 9.17) is 28.4 Å². The Morgan fingerprint density at radius 3 is 2.50 bits per heavy atom. The summed E-state index contributed by atoms with van der Waals surface area (Å²) in [5.41, 5.74) is 2.90. The molecule has 1 heterocycles. The molecule has 0 radical (unpaired) electrons. The highest BCUT2D eigenvalue weighted by molar-refractivity contribution is 5.84. The lowest BCUT2D eigenvalue weighted by Gasteiger charge is -2.19. The van der Waals surface area contributed by atoms with Gasteiger partial charge in [0.05, 0.1) is 46.1 Å².